The number of benzene rings is 1. The second-order valence-corrected chi connectivity index (χ2v) is 11.0. The van der Waals surface area contributed by atoms with E-state index in [1.54, 1.807) is 32.2 Å². The molecule has 0 spiro atoms. The highest BCUT2D eigenvalue weighted by Gasteiger charge is 2.43. The van der Waals surface area contributed by atoms with Gasteiger partial charge < -0.3 is 30.4 Å². The standard InChI is InChI=1S/C31H39N5O6/c1-3-31(2)30(41)34-25(19-21-12-14-23(15-13-21)42-20-22-9-4-6-16-32-22)29(40)36-17-8-11-26(36)28(39)33-24(27(38)35-31)10-5-7-18-37/h4,6,9,12-16,18,24-26H,3,5,7-8,10-11,17,19-20H2,1-2H3,(H,33,39)(H,34,41)(H,35,38)/t24-,25-,26+,31-/m0/s1. The number of carbonyl (C=O) groups excluding carboxylic acids is 5. The number of hydrogen-bond donors (Lipinski definition) is 3. The molecule has 0 unspecified atom stereocenters. The van der Waals surface area contributed by atoms with Gasteiger partial charge in [0.1, 0.15) is 42.3 Å². The van der Waals surface area contributed by atoms with E-state index in [4.69, 9.17) is 4.74 Å². The molecule has 4 atom stereocenters. The van der Waals surface area contributed by atoms with Gasteiger partial charge in [-0.15, -0.1) is 0 Å². The molecular weight excluding hydrogens is 538 g/mol. The molecule has 11 heteroatoms. The lowest BCUT2D eigenvalue weighted by atomic mass is 9.94. The highest BCUT2D eigenvalue weighted by atomic mass is 16.5. The number of unbranched alkanes of at least 4 members (excludes halogenated alkanes) is 1. The van der Waals surface area contributed by atoms with Crippen LogP contribution in [0.4, 0.5) is 0 Å². The molecule has 3 heterocycles. The molecule has 1 aromatic heterocycles. The fourth-order valence-corrected chi connectivity index (χ4v) is 5.23. The SMILES string of the molecule is CC[C@]1(C)NC(=O)[C@H](CCCC=O)NC(=O)[C@H]2CCCN2C(=O)[C@H](Cc2ccc(OCc3ccccn3)cc2)NC1=O. The molecule has 224 valence electrons. The number of hydrogen-bond acceptors (Lipinski definition) is 7. The van der Waals surface area contributed by atoms with E-state index in [2.05, 4.69) is 20.9 Å². The van der Waals surface area contributed by atoms with Gasteiger partial charge in [0.05, 0.1) is 5.69 Å². The van der Waals surface area contributed by atoms with Crippen molar-refractivity contribution >= 4 is 29.9 Å². The molecule has 0 saturated carbocycles. The normalized spacial score (nSPS) is 24.9. The van der Waals surface area contributed by atoms with Crippen molar-refractivity contribution in [3.63, 3.8) is 0 Å². The fourth-order valence-electron chi connectivity index (χ4n) is 5.23. The number of aromatic nitrogens is 1. The summed E-state index contributed by atoms with van der Waals surface area (Å²) in [5.41, 5.74) is 0.269. The third-order valence-corrected chi connectivity index (χ3v) is 7.97. The maximum Gasteiger partial charge on any atom is 0.246 e. The Hall–Kier alpha value is -4.28. The minimum atomic E-state index is -1.32. The summed E-state index contributed by atoms with van der Waals surface area (Å²) >= 11 is 0. The highest BCUT2D eigenvalue weighted by Crippen LogP contribution is 2.23. The van der Waals surface area contributed by atoms with Crippen LogP contribution in [0.1, 0.15) is 63.6 Å². The summed E-state index contributed by atoms with van der Waals surface area (Å²) in [6.07, 6.45) is 4.89. The molecule has 0 aliphatic carbocycles. The molecule has 3 N–H and O–H groups in total. The van der Waals surface area contributed by atoms with Crippen molar-refractivity contribution in [1.29, 1.82) is 0 Å². The monoisotopic (exact) mass is 577 g/mol. The van der Waals surface area contributed by atoms with E-state index in [0.29, 0.717) is 38.2 Å². The van der Waals surface area contributed by atoms with E-state index in [9.17, 15) is 24.0 Å². The average Bonchev–Trinajstić information content (AvgIpc) is 3.50. The Morgan fingerprint density at radius 2 is 1.83 bits per heavy atom. The van der Waals surface area contributed by atoms with Crippen molar-refractivity contribution in [2.45, 2.75) is 89.1 Å². The van der Waals surface area contributed by atoms with Gasteiger partial charge in [-0.3, -0.25) is 24.2 Å². The predicted molar refractivity (Wildman–Crippen MR) is 154 cm³/mol. The van der Waals surface area contributed by atoms with E-state index in [-0.39, 0.29) is 31.6 Å². The van der Waals surface area contributed by atoms with E-state index < -0.39 is 41.4 Å². The highest BCUT2D eigenvalue weighted by molar-refractivity contribution is 5.99. The number of nitrogens with one attached hydrogen (secondary N) is 3. The maximum absolute atomic E-state index is 13.9. The van der Waals surface area contributed by atoms with E-state index in [1.807, 2.05) is 30.3 Å². The van der Waals surface area contributed by atoms with Crippen LogP contribution in [0.3, 0.4) is 0 Å². The predicted octanol–water partition coefficient (Wildman–Crippen LogP) is 1.83. The molecule has 2 fully saturated rings. The zero-order chi connectivity index (χ0) is 30.1. The Morgan fingerprint density at radius 1 is 1.05 bits per heavy atom. The Morgan fingerprint density at radius 3 is 2.52 bits per heavy atom. The summed E-state index contributed by atoms with van der Waals surface area (Å²) in [6, 6.07) is 10.2. The second-order valence-electron chi connectivity index (χ2n) is 11.0. The van der Waals surface area contributed by atoms with Gasteiger partial charge in [-0.1, -0.05) is 25.1 Å². The molecule has 1 aromatic carbocycles. The van der Waals surface area contributed by atoms with Gasteiger partial charge in [-0.2, -0.15) is 0 Å². The summed E-state index contributed by atoms with van der Waals surface area (Å²) < 4.78 is 5.82. The molecular formula is C31H39N5O6. The van der Waals surface area contributed by atoms with Gasteiger partial charge in [0, 0.05) is 25.6 Å². The Balaban J connectivity index is 1.55. The van der Waals surface area contributed by atoms with Gasteiger partial charge in [-0.05, 0) is 68.9 Å². The molecule has 2 saturated heterocycles. The first-order chi connectivity index (χ1) is 20.2. The smallest absolute Gasteiger partial charge is 0.246 e. The van der Waals surface area contributed by atoms with Crippen molar-refractivity contribution in [3.8, 4) is 5.75 Å². The molecule has 11 nitrogen and oxygen atoms in total. The molecule has 4 amide bonds. The molecule has 42 heavy (non-hydrogen) atoms. The topological polar surface area (TPSA) is 147 Å². The van der Waals surface area contributed by atoms with Crippen LogP contribution in [0, 0.1) is 0 Å². The van der Waals surface area contributed by atoms with E-state index in [1.165, 1.54) is 4.90 Å². The average molecular weight is 578 g/mol. The van der Waals surface area contributed by atoms with Crippen LogP contribution in [-0.4, -0.2) is 70.0 Å². The fraction of sp³-hybridized carbons (Fsp3) is 0.484. The second kappa shape index (κ2) is 14.1. The van der Waals surface area contributed by atoms with Crippen molar-refractivity contribution in [2.24, 2.45) is 0 Å². The third-order valence-electron chi connectivity index (χ3n) is 7.97. The van der Waals surface area contributed by atoms with Crippen LogP contribution in [0.25, 0.3) is 0 Å². The quantitative estimate of drug-likeness (QED) is 0.288. The molecule has 2 aliphatic rings. The minimum absolute atomic E-state index is 0.192. The number of rotatable bonds is 10. The van der Waals surface area contributed by atoms with Gasteiger partial charge in [-0.25, -0.2) is 0 Å². The molecule has 0 radical (unpaired) electrons. The number of pyridine rings is 1. The third kappa shape index (κ3) is 7.51. The lowest BCUT2D eigenvalue weighted by Crippen LogP contribution is -2.65. The number of aldehydes is 1. The van der Waals surface area contributed by atoms with Crippen LogP contribution < -0.4 is 20.7 Å². The lowest BCUT2D eigenvalue weighted by Gasteiger charge is -2.35. The Bertz CT molecular complexity index is 1270. The summed E-state index contributed by atoms with van der Waals surface area (Å²) in [5.74, 6) is -1.10. The first-order valence-electron chi connectivity index (χ1n) is 14.5. The zero-order valence-electron chi connectivity index (χ0n) is 24.1. The van der Waals surface area contributed by atoms with Crippen molar-refractivity contribution < 1.29 is 28.7 Å². The summed E-state index contributed by atoms with van der Waals surface area (Å²) in [5, 5.41) is 8.49. The first kappa shape index (κ1) is 30.7. The number of carbonyl (C=O) groups is 5. The minimum Gasteiger partial charge on any atom is -0.487 e. The molecule has 4 rings (SSSR count). The van der Waals surface area contributed by atoms with Crippen LogP contribution in [0.15, 0.2) is 48.7 Å². The van der Waals surface area contributed by atoms with Crippen molar-refractivity contribution in [3.05, 3.63) is 59.9 Å². The van der Waals surface area contributed by atoms with Gasteiger partial charge in [0.2, 0.25) is 23.6 Å². The zero-order valence-corrected chi connectivity index (χ0v) is 24.1. The maximum atomic E-state index is 13.9. The largest absolute Gasteiger partial charge is 0.487 e. The number of nitrogens with zero attached hydrogens (tertiary/aromatic N) is 2. The number of fused-ring (bicyclic) bond motifs is 1. The number of amides is 4. The van der Waals surface area contributed by atoms with Crippen molar-refractivity contribution in [1.82, 2.24) is 25.8 Å². The first-order valence-corrected chi connectivity index (χ1v) is 14.5. The van der Waals surface area contributed by atoms with Crippen LogP contribution in [0.5, 0.6) is 5.75 Å². The summed E-state index contributed by atoms with van der Waals surface area (Å²) in [6.45, 7) is 4.05. The number of ether oxygens (including phenoxy) is 1. The van der Waals surface area contributed by atoms with E-state index in [0.717, 1.165) is 17.5 Å². The van der Waals surface area contributed by atoms with Crippen LogP contribution >= 0.6 is 0 Å². The van der Waals surface area contributed by atoms with Crippen LogP contribution in [0.2, 0.25) is 0 Å². The van der Waals surface area contributed by atoms with Crippen LogP contribution in [-0.2, 0) is 37.0 Å². The van der Waals surface area contributed by atoms with Crippen molar-refractivity contribution in [2.75, 3.05) is 6.54 Å². The Kier molecular flexibility index (Phi) is 10.3. The molecule has 2 aromatic rings. The summed E-state index contributed by atoms with van der Waals surface area (Å²) in [4.78, 5) is 70.8. The van der Waals surface area contributed by atoms with E-state index >= 15 is 0 Å². The summed E-state index contributed by atoms with van der Waals surface area (Å²) in [7, 11) is 0. The Labute approximate surface area is 245 Å². The van der Waals surface area contributed by atoms with Gasteiger partial charge >= 0.3 is 0 Å². The van der Waals surface area contributed by atoms with Gasteiger partial charge in [0.15, 0.2) is 0 Å². The molecule has 0 bridgehead atoms. The van der Waals surface area contributed by atoms with Gasteiger partial charge in [0.25, 0.3) is 0 Å². The lowest BCUT2D eigenvalue weighted by molar-refractivity contribution is -0.144. The molecule has 2 aliphatic heterocycles.